The molecule has 0 fully saturated rings. The number of H-pyrrole nitrogens is 1. The van der Waals surface area contributed by atoms with Crippen molar-refractivity contribution in [2.45, 2.75) is 18.1 Å². The normalized spacial score (nSPS) is 11.8. The van der Waals surface area contributed by atoms with E-state index in [1.165, 1.54) is 0 Å². The number of hydrogen-bond donors (Lipinski definition) is 2. The van der Waals surface area contributed by atoms with Crippen LogP contribution in [0.1, 0.15) is 18.5 Å². The second kappa shape index (κ2) is 6.85. The number of thioether (sulfide) groups is 1. The van der Waals surface area contributed by atoms with Crippen LogP contribution in [-0.4, -0.2) is 26.8 Å². The van der Waals surface area contributed by atoms with Crippen LogP contribution < -0.4 is 10.9 Å². The quantitative estimate of drug-likeness (QED) is 0.806. The Kier molecular flexibility index (Phi) is 4.89. The maximum atomic E-state index is 11.8. The van der Waals surface area contributed by atoms with Crippen LogP contribution in [0.2, 0.25) is 0 Å². The van der Waals surface area contributed by atoms with Gasteiger partial charge in [-0.1, -0.05) is 42.1 Å². The molecule has 0 bridgehead atoms. The number of carbonyl (C=O) groups excluding carboxylic acids is 1. The average molecular weight is 290 g/mol. The molecule has 1 aromatic carbocycles. The Morgan fingerprint density at radius 2 is 2.15 bits per heavy atom. The molecule has 2 N–H and O–H groups in total. The largest absolute Gasteiger partial charge is 0.349 e. The van der Waals surface area contributed by atoms with Crippen LogP contribution in [0.15, 0.2) is 46.5 Å². The molecule has 2 rings (SSSR count). The SMILES string of the molecule is C[C@@H](NC(=O)CSc1nncc(=O)[nH]1)c1ccccc1. The number of benzene rings is 1. The second-order valence-electron chi connectivity index (χ2n) is 4.13. The summed E-state index contributed by atoms with van der Waals surface area (Å²) in [6.45, 7) is 1.92. The molecule has 1 heterocycles. The smallest absolute Gasteiger partial charge is 0.270 e. The number of carbonyl (C=O) groups is 1. The molecule has 0 spiro atoms. The third kappa shape index (κ3) is 4.20. The van der Waals surface area contributed by atoms with Crippen molar-refractivity contribution in [3.05, 3.63) is 52.4 Å². The maximum absolute atomic E-state index is 11.8. The molecule has 20 heavy (non-hydrogen) atoms. The summed E-state index contributed by atoms with van der Waals surface area (Å²) in [4.78, 5) is 25.3. The summed E-state index contributed by atoms with van der Waals surface area (Å²) in [7, 11) is 0. The molecule has 104 valence electrons. The predicted octanol–water partition coefficient (Wildman–Crippen LogP) is 1.13. The zero-order valence-electron chi connectivity index (χ0n) is 10.9. The van der Waals surface area contributed by atoms with Gasteiger partial charge in [-0.05, 0) is 12.5 Å². The lowest BCUT2D eigenvalue weighted by Gasteiger charge is -2.13. The van der Waals surface area contributed by atoms with E-state index in [2.05, 4.69) is 20.5 Å². The lowest BCUT2D eigenvalue weighted by atomic mass is 10.1. The van der Waals surface area contributed by atoms with Gasteiger partial charge in [-0.2, -0.15) is 5.10 Å². The lowest BCUT2D eigenvalue weighted by molar-refractivity contribution is -0.119. The molecule has 0 saturated carbocycles. The van der Waals surface area contributed by atoms with E-state index in [0.29, 0.717) is 5.16 Å². The van der Waals surface area contributed by atoms with Crippen molar-refractivity contribution in [2.75, 3.05) is 5.75 Å². The van der Waals surface area contributed by atoms with E-state index in [9.17, 15) is 9.59 Å². The fraction of sp³-hybridized carbons (Fsp3) is 0.231. The zero-order chi connectivity index (χ0) is 14.4. The summed E-state index contributed by atoms with van der Waals surface area (Å²) in [5.41, 5.74) is 0.708. The van der Waals surface area contributed by atoms with Crippen LogP contribution in [0.3, 0.4) is 0 Å². The summed E-state index contributed by atoms with van der Waals surface area (Å²) in [5, 5.41) is 10.5. The van der Waals surface area contributed by atoms with Crippen molar-refractivity contribution in [2.24, 2.45) is 0 Å². The Morgan fingerprint density at radius 3 is 2.85 bits per heavy atom. The monoisotopic (exact) mass is 290 g/mol. The molecule has 0 aliphatic rings. The van der Waals surface area contributed by atoms with E-state index in [1.54, 1.807) is 0 Å². The van der Waals surface area contributed by atoms with E-state index < -0.39 is 0 Å². The molecule has 0 aliphatic carbocycles. The molecule has 1 aromatic heterocycles. The van der Waals surface area contributed by atoms with Crippen molar-refractivity contribution in [3.8, 4) is 0 Å². The highest BCUT2D eigenvalue weighted by Gasteiger charge is 2.10. The number of aromatic amines is 1. The summed E-state index contributed by atoms with van der Waals surface area (Å²) < 4.78 is 0. The molecular formula is C13H14N4O2S. The first-order chi connectivity index (χ1) is 9.65. The van der Waals surface area contributed by atoms with Gasteiger partial charge < -0.3 is 5.32 Å². The Labute approximate surface area is 120 Å². The van der Waals surface area contributed by atoms with Crippen LogP contribution in [0, 0.1) is 0 Å². The minimum absolute atomic E-state index is 0.0646. The van der Waals surface area contributed by atoms with Crippen LogP contribution in [0.25, 0.3) is 0 Å². The summed E-state index contributed by atoms with van der Waals surface area (Å²) in [5.74, 6) is 0.0454. The second-order valence-corrected chi connectivity index (χ2v) is 5.09. The van der Waals surface area contributed by atoms with Gasteiger partial charge in [0.25, 0.3) is 5.56 Å². The maximum Gasteiger partial charge on any atom is 0.270 e. The fourth-order valence-corrected chi connectivity index (χ4v) is 2.23. The van der Waals surface area contributed by atoms with Gasteiger partial charge in [0.05, 0.1) is 11.8 Å². The van der Waals surface area contributed by atoms with Gasteiger partial charge in [-0.15, -0.1) is 5.10 Å². The minimum atomic E-state index is -0.333. The summed E-state index contributed by atoms with van der Waals surface area (Å²) >= 11 is 1.14. The Bertz CT molecular complexity index is 630. The number of aromatic nitrogens is 3. The van der Waals surface area contributed by atoms with Gasteiger partial charge in [-0.3, -0.25) is 14.6 Å². The molecule has 7 heteroatoms. The first kappa shape index (κ1) is 14.3. The molecule has 2 aromatic rings. The van der Waals surface area contributed by atoms with Crippen LogP contribution in [0.4, 0.5) is 0 Å². The molecule has 0 unspecified atom stereocenters. The summed E-state index contributed by atoms with van der Waals surface area (Å²) in [6, 6.07) is 9.63. The van der Waals surface area contributed by atoms with E-state index >= 15 is 0 Å². The van der Waals surface area contributed by atoms with Crippen LogP contribution in [0.5, 0.6) is 0 Å². The van der Waals surface area contributed by atoms with Crippen molar-refractivity contribution in [1.82, 2.24) is 20.5 Å². The van der Waals surface area contributed by atoms with Crippen molar-refractivity contribution < 1.29 is 4.79 Å². The molecular weight excluding hydrogens is 276 g/mol. The Morgan fingerprint density at radius 1 is 1.40 bits per heavy atom. The van der Waals surface area contributed by atoms with E-state index in [4.69, 9.17) is 0 Å². The standard InChI is InChI=1S/C13H14N4O2S/c1-9(10-5-3-2-4-6-10)15-12(19)8-20-13-16-11(18)7-14-17-13/h2-7,9H,8H2,1H3,(H,15,19)(H,16,17,18)/t9-/m1/s1. The summed E-state index contributed by atoms with van der Waals surface area (Å²) in [6.07, 6.45) is 1.08. The van der Waals surface area contributed by atoms with Gasteiger partial charge in [0.1, 0.15) is 6.20 Å². The van der Waals surface area contributed by atoms with Gasteiger partial charge in [0, 0.05) is 0 Å². The third-order valence-corrected chi connectivity index (χ3v) is 3.43. The van der Waals surface area contributed by atoms with Crippen LogP contribution in [-0.2, 0) is 4.79 Å². The van der Waals surface area contributed by atoms with Gasteiger partial charge >= 0.3 is 0 Å². The number of nitrogens with one attached hydrogen (secondary N) is 2. The van der Waals surface area contributed by atoms with E-state index in [-0.39, 0.29) is 23.3 Å². The van der Waals surface area contributed by atoms with Gasteiger partial charge in [0.2, 0.25) is 5.91 Å². The molecule has 1 atom stereocenters. The van der Waals surface area contributed by atoms with E-state index in [0.717, 1.165) is 23.5 Å². The number of rotatable bonds is 5. The van der Waals surface area contributed by atoms with Gasteiger partial charge in [-0.25, -0.2) is 0 Å². The number of nitrogens with zero attached hydrogens (tertiary/aromatic N) is 2. The van der Waals surface area contributed by atoms with Crippen molar-refractivity contribution >= 4 is 17.7 Å². The van der Waals surface area contributed by atoms with E-state index in [1.807, 2.05) is 37.3 Å². The lowest BCUT2D eigenvalue weighted by Crippen LogP contribution is -2.28. The molecule has 6 nitrogen and oxygen atoms in total. The molecule has 1 amide bonds. The molecule has 0 aliphatic heterocycles. The van der Waals surface area contributed by atoms with Crippen LogP contribution >= 0.6 is 11.8 Å². The van der Waals surface area contributed by atoms with Gasteiger partial charge in [0.15, 0.2) is 5.16 Å². The minimum Gasteiger partial charge on any atom is -0.349 e. The first-order valence-electron chi connectivity index (χ1n) is 6.04. The molecule has 0 radical (unpaired) electrons. The number of amides is 1. The van der Waals surface area contributed by atoms with Crippen molar-refractivity contribution in [3.63, 3.8) is 0 Å². The first-order valence-corrected chi connectivity index (χ1v) is 7.03. The predicted molar refractivity (Wildman–Crippen MR) is 76.4 cm³/mol. The highest BCUT2D eigenvalue weighted by Crippen LogP contribution is 2.13. The highest BCUT2D eigenvalue weighted by molar-refractivity contribution is 7.99. The highest BCUT2D eigenvalue weighted by atomic mass is 32.2. The Hall–Kier alpha value is -2.15. The van der Waals surface area contributed by atoms with Crippen molar-refractivity contribution in [1.29, 1.82) is 0 Å². The Balaban J connectivity index is 1.85. The molecule has 0 saturated heterocycles. The fourth-order valence-electron chi connectivity index (χ4n) is 1.60. The zero-order valence-corrected chi connectivity index (χ0v) is 11.7. The third-order valence-electron chi connectivity index (χ3n) is 2.57. The topological polar surface area (TPSA) is 87.7 Å². The number of hydrogen-bond acceptors (Lipinski definition) is 5. The average Bonchev–Trinajstić information content (AvgIpc) is 2.46.